The first kappa shape index (κ1) is 15.5. The molecule has 102 valence electrons. The summed E-state index contributed by atoms with van der Waals surface area (Å²) in [7, 11) is 1.71. The maximum absolute atomic E-state index is 6.19. The molecule has 0 fully saturated rings. The third kappa shape index (κ3) is 5.40. The van der Waals surface area contributed by atoms with E-state index in [2.05, 4.69) is 28.9 Å². The molecule has 0 amide bonds. The van der Waals surface area contributed by atoms with E-state index in [1.807, 2.05) is 12.1 Å². The zero-order valence-electron chi connectivity index (χ0n) is 11.4. The molecule has 0 heterocycles. The summed E-state index contributed by atoms with van der Waals surface area (Å²) in [6.07, 6.45) is 7.08. The average Bonchev–Trinajstić information content (AvgIpc) is 2.35. The number of rotatable bonds is 8. The van der Waals surface area contributed by atoms with Crippen molar-refractivity contribution in [2.75, 3.05) is 7.11 Å². The molecule has 0 aliphatic carbocycles. The van der Waals surface area contributed by atoms with Gasteiger partial charge in [-0.15, -0.1) is 0 Å². The number of unbranched alkanes of at least 4 members (excludes halogenated alkanes) is 3. The second-order valence-corrected chi connectivity index (χ2v) is 5.69. The van der Waals surface area contributed by atoms with E-state index in [0.29, 0.717) is 0 Å². The average molecular weight is 314 g/mol. The lowest BCUT2D eigenvalue weighted by atomic mass is 10.0. The largest absolute Gasteiger partial charge is 0.496 e. The Hall–Kier alpha value is -0.540. The molecular formula is C15H24BrNO. The molecule has 1 unspecified atom stereocenters. The number of benzene rings is 1. The molecular weight excluding hydrogens is 290 g/mol. The minimum Gasteiger partial charge on any atom is -0.496 e. The number of hydrogen-bond donors (Lipinski definition) is 1. The topological polar surface area (TPSA) is 35.2 Å². The fourth-order valence-electron chi connectivity index (χ4n) is 2.12. The zero-order valence-corrected chi connectivity index (χ0v) is 13.0. The van der Waals surface area contributed by atoms with Crippen molar-refractivity contribution in [2.24, 2.45) is 5.73 Å². The van der Waals surface area contributed by atoms with Crippen molar-refractivity contribution in [3.63, 3.8) is 0 Å². The highest BCUT2D eigenvalue weighted by Crippen LogP contribution is 2.24. The monoisotopic (exact) mass is 313 g/mol. The Balaban J connectivity index is 2.47. The van der Waals surface area contributed by atoms with Gasteiger partial charge >= 0.3 is 0 Å². The molecule has 0 saturated carbocycles. The maximum Gasteiger partial charge on any atom is 0.122 e. The quantitative estimate of drug-likeness (QED) is 0.726. The van der Waals surface area contributed by atoms with Gasteiger partial charge in [-0.05, 0) is 36.6 Å². The molecule has 0 bridgehead atoms. The van der Waals surface area contributed by atoms with Crippen molar-refractivity contribution in [1.82, 2.24) is 0 Å². The fourth-order valence-corrected chi connectivity index (χ4v) is 2.53. The summed E-state index contributed by atoms with van der Waals surface area (Å²) in [6, 6.07) is 6.31. The molecule has 0 aliphatic rings. The van der Waals surface area contributed by atoms with Gasteiger partial charge in [0.1, 0.15) is 5.75 Å². The summed E-state index contributed by atoms with van der Waals surface area (Å²) >= 11 is 3.49. The Bertz CT molecular complexity index is 354. The smallest absolute Gasteiger partial charge is 0.122 e. The Morgan fingerprint density at radius 2 is 2.06 bits per heavy atom. The Morgan fingerprint density at radius 3 is 2.72 bits per heavy atom. The fraction of sp³-hybridized carbons (Fsp3) is 0.600. The van der Waals surface area contributed by atoms with Crippen LogP contribution in [0.5, 0.6) is 5.75 Å². The van der Waals surface area contributed by atoms with Crippen molar-refractivity contribution in [3.8, 4) is 5.75 Å². The molecule has 0 spiro atoms. The number of nitrogens with two attached hydrogens (primary N) is 1. The number of hydrogen-bond acceptors (Lipinski definition) is 2. The predicted molar refractivity (Wildman–Crippen MR) is 81.1 cm³/mol. The third-order valence-corrected chi connectivity index (χ3v) is 3.65. The summed E-state index contributed by atoms with van der Waals surface area (Å²) in [6.45, 7) is 2.23. The van der Waals surface area contributed by atoms with Gasteiger partial charge in [0.05, 0.1) is 7.11 Å². The molecule has 0 aliphatic heterocycles. The Labute approximate surface area is 119 Å². The van der Waals surface area contributed by atoms with E-state index in [4.69, 9.17) is 10.5 Å². The second kappa shape index (κ2) is 8.54. The van der Waals surface area contributed by atoms with Crippen LogP contribution in [0.4, 0.5) is 0 Å². The summed E-state index contributed by atoms with van der Waals surface area (Å²) in [4.78, 5) is 0. The van der Waals surface area contributed by atoms with Gasteiger partial charge < -0.3 is 10.5 Å². The van der Waals surface area contributed by atoms with Gasteiger partial charge in [0.2, 0.25) is 0 Å². The van der Waals surface area contributed by atoms with Gasteiger partial charge in [0.15, 0.2) is 0 Å². The summed E-state index contributed by atoms with van der Waals surface area (Å²) in [5.74, 6) is 0.933. The highest BCUT2D eigenvalue weighted by Gasteiger charge is 2.09. The van der Waals surface area contributed by atoms with Crippen molar-refractivity contribution in [3.05, 3.63) is 28.2 Å². The molecule has 0 aromatic heterocycles. The van der Waals surface area contributed by atoms with E-state index >= 15 is 0 Å². The molecule has 1 aromatic carbocycles. The van der Waals surface area contributed by atoms with Gasteiger partial charge in [-0.1, -0.05) is 48.5 Å². The van der Waals surface area contributed by atoms with Gasteiger partial charge in [-0.2, -0.15) is 0 Å². The van der Waals surface area contributed by atoms with Crippen molar-refractivity contribution in [1.29, 1.82) is 0 Å². The first-order valence-corrected chi connectivity index (χ1v) is 7.54. The molecule has 2 nitrogen and oxygen atoms in total. The summed E-state index contributed by atoms with van der Waals surface area (Å²) < 4.78 is 6.45. The van der Waals surface area contributed by atoms with Crippen LogP contribution in [0.3, 0.4) is 0 Å². The van der Waals surface area contributed by atoms with E-state index < -0.39 is 0 Å². The van der Waals surface area contributed by atoms with Crippen LogP contribution in [0.1, 0.15) is 44.6 Å². The minimum atomic E-state index is 0.227. The van der Waals surface area contributed by atoms with Gasteiger partial charge in [0.25, 0.3) is 0 Å². The number of methoxy groups -OCH3 is 1. The lowest BCUT2D eigenvalue weighted by molar-refractivity contribution is 0.406. The Morgan fingerprint density at radius 1 is 1.28 bits per heavy atom. The van der Waals surface area contributed by atoms with Crippen LogP contribution in [0.15, 0.2) is 22.7 Å². The first-order valence-electron chi connectivity index (χ1n) is 6.75. The van der Waals surface area contributed by atoms with Crippen LogP contribution >= 0.6 is 15.9 Å². The van der Waals surface area contributed by atoms with E-state index in [1.165, 1.54) is 31.2 Å². The van der Waals surface area contributed by atoms with E-state index in [-0.39, 0.29) is 6.04 Å². The SMILES string of the molecule is CCCCCCC(N)Cc1cc(Br)ccc1OC. The molecule has 1 aromatic rings. The molecule has 18 heavy (non-hydrogen) atoms. The molecule has 2 N–H and O–H groups in total. The zero-order chi connectivity index (χ0) is 13.4. The maximum atomic E-state index is 6.19. The summed E-state index contributed by atoms with van der Waals surface area (Å²) in [5, 5.41) is 0. The Kier molecular flexibility index (Phi) is 7.36. The third-order valence-electron chi connectivity index (χ3n) is 3.15. The molecule has 0 radical (unpaired) electrons. The van der Waals surface area contributed by atoms with Gasteiger partial charge in [0, 0.05) is 10.5 Å². The van der Waals surface area contributed by atoms with Crippen molar-refractivity contribution < 1.29 is 4.74 Å². The van der Waals surface area contributed by atoms with E-state index in [1.54, 1.807) is 7.11 Å². The lowest BCUT2D eigenvalue weighted by Gasteiger charge is -2.14. The van der Waals surface area contributed by atoms with Crippen molar-refractivity contribution >= 4 is 15.9 Å². The summed E-state index contributed by atoms with van der Waals surface area (Å²) in [5.41, 5.74) is 7.38. The standard InChI is InChI=1S/C15H24BrNO/c1-3-4-5-6-7-14(17)11-12-10-13(16)8-9-15(12)18-2/h8-10,14H,3-7,11,17H2,1-2H3. The first-order chi connectivity index (χ1) is 8.67. The molecule has 3 heteroatoms. The normalized spacial score (nSPS) is 12.4. The highest BCUT2D eigenvalue weighted by molar-refractivity contribution is 9.10. The van der Waals surface area contributed by atoms with Crippen molar-refractivity contribution in [2.45, 2.75) is 51.5 Å². The number of halogens is 1. The molecule has 1 atom stereocenters. The predicted octanol–water partition coefficient (Wildman–Crippen LogP) is 4.30. The van der Waals surface area contributed by atoms with Crippen LogP contribution in [0.2, 0.25) is 0 Å². The van der Waals surface area contributed by atoms with E-state index in [0.717, 1.165) is 23.1 Å². The minimum absolute atomic E-state index is 0.227. The number of ether oxygens (including phenoxy) is 1. The molecule has 0 saturated heterocycles. The van der Waals surface area contributed by atoms with Crippen LogP contribution in [0.25, 0.3) is 0 Å². The molecule has 1 rings (SSSR count). The van der Waals surface area contributed by atoms with Crippen LogP contribution in [-0.4, -0.2) is 13.2 Å². The highest BCUT2D eigenvalue weighted by atomic mass is 79.9. The van der Waals surface area contributed by atoms with Crippen LogP contribution in [-0.2, 0) is 6.42 Å². The second-order valence-electron chi connectivity index (χ2n) is 4.77. The van der Waals surface area contributed by atoms with Crippen LogP contribution < -0.4 is 10.5 Å². The van der Waals surface area contributed by atoms with Gasteiger partial charge in [-0.25, -0.2) is 0 Å². The lowest BCUT2D eigenvalue weighted by Crippen LogP contribution is -2.22. The van der Waals surface area contributed by atoms with Crippen LogP contribution in [0, 0.1) is 0 Å². The van der Waals surface area contributed by atoms with E-state index in [9.17, 15) is 0 Å². The van der Waals surface area contributed by atoms with Gasteiger partial charge in [-0.3, -0.25) is 0 Å².